The molecular formula is C18H20N2O3. The number of hydrogen-bond donors (Lipinski definition) is 1. The molecule has 0 bridgehead atoms. The Labute approximate surface area is 135 Å². The number of hydrogen-bond acceptors (Lipinski definition) is 4. The molecule has 0 amide bonds. The molecule has 120 valence electrons. The van der Waals surface area contributed by atoms with Gasteiger partial charge in [-0.05, 0) is 30.2 Å². The van der Waals surface area contributed by atoms with Gasteiger partial charge in [0.15, 0.2) is 0 Å². The van der Waals surface area contributed by atoms with Crippen LogP contribution in [0.5, 0.6) is 0 Å². The first-order valence-corrected chi connectivity index (χ1v) is 7.89. The summed E-state index contributed by atoms with van der Waals surface area (Å²) in [4.78, 5) is 15.0. The van der Waals surface area contributed by atoms with Crippen molar-refractivity contribution < 1.29 is 14.4 Å². The average molecular weight is 312 g/mol. The highest BCUT2D eigenvalue weighted by Crippen LogP contribution is 2.51. The van der Waals surface area contributed by atoms with Crippen LogP contribution >= 0.6 is 0 Å². The molecule has 0 saturated heterocycles. The highest BCUT2D eigenvalue weighted by molar-refractivity contribution is 5.86. The van der Waals surface area contributed by atoms with Gasteiger partial charge in [-0.15, -0.1) is 0 Å². The molecule has 23 heavy (non-hydrogen) atoms. The largest absolute Gasteiger partial charge is 0.478 e. The highest BCUT2D eigenvalue weighted by Gasteiger charge is 2.42. The Bertz CT molecular complexity index is 727. The molecule has 1 aromatic carbocycles. The molecule has 1 heterocycles. The van der Waals surface area contributed by atoms with E-state index in [4.69, 9.17) is 9.63 Å². The Morgan fingerprint density at radius 2 is 2.04 bits per heavy atom. The van der Waals surface area contributed by atoms with Crippen LogP contribution in [0.25, 0.3) is 11.4 Å². The van der Waals surface area contributed by atoms with Gasteiger partial charge in [-0.25, -0.2) is 4.79 Å². The lowest BCUT2D eigenvalue weighted by Crippen LogP contribution is -2.05. The van der Waals surface area contributed by atoms with Crippen molar-refractivity contribution >= 4 is 5.97 Å². The van der Waals surface area contributed by atoms with E-state index in [0.29, 0.717) is 11.2 Å². The second-order valence-corrected chi connectivity index (χ2v) is 6.20. The maximum absolute atomic E-state index is 10.8. The van der Waals surface area contributed by atoms with E-state index in [-0.39, 0.29) is 17.9 Å². The molecule has 0 radical (unpaired) electrons. The minimum absolute atomic E-state index is 0.0331. The Hall–Kier alpha value is -2.43. The van der Waals surface area contributed by atoms with E-state index in [2.05, 4.69) is 35.8 Å². The average Bonchev–Trinajstić information content (AvgIpc) is 3.18. The molecule has 3 rings (SSSR count). The van der Waals surface area contributed by atoms with E-state index in [1.165, 1.54) is 31.2 Å². The van der Waals surface area contributed by atoms with Crippen molar-refractivity contribution in [1.82, 2.24) is 10.1 Å². The fourth-order valence-electron chi connectivity index (χ4n) is 2.99. The molecule has 1 N–H and O–H groups in total. The smallest absolute Gasteiger partial charge is 0.331 e. The van der Waals surface area contributed by atoms with Crippen molar-refractivity contribution in [2.75, 3.05) is 0 Å². The van der Waals surface area contributed by atoms with E-state index >= 15 is 0 Å². The van der Waals surface area contributed by atoms with Crippen molar-refractivity contribution in [3.8, 4) is 11.4 Å². The quantitative estimate of drug-likeness (QED) is 0.788. The van der Waals surface area contributed by atoms with Crippen LogP contribution in [0, 0.1) is 0 Å². The molecule has 0 atom stereocenters. The van der Waals surface area contributed by atoms with Gasteiger partial charge in [0.2, 0.25) is 11.7 Å². The van der Waals surface area contributed by atoms with E-state index in [0.717, 1.165) is 5.56 Å². The third-order valence-electron chi connectivity index (χ3n) is 4.47. The highest BCUT2D eigenvalue weighted by atomic mass is 16.5. The maximum Gasteiger partial charge on any atom is 0.331 e. The summed E-state index contributed by atoms with van der Waals surface area (Å²) >= 11 is 0. The minimum atomic E-state index is -1.06. The number of aromatic nitrogens is 2. The van der Waals surface area contributed by atoms with Crippen LogP contribution in [-0.2, 0) is 16.6 Å². The standard InChI is InChI=1S/C18H20N2O3/c1-3-8-18(9-10-18)14-6-4-13(5-7-14)16-19-15(23-20-16)11-12(2)17(21)22/h4-7H,2-3,8-11H2,1H3,(H,21,22). The van der Waals surface area contributed by atoms with Gasteiger partial charge in [0.25, 0.3) is 0 Å². The van der Waals surface area contributed by atoms with Gasteiger partial charge in [-0.2, -0.15) is 4.98 Å². The number of carboxylic acids is 1. The third-order valence-corrected chi connectivity index (χ3v) is 4.47. The molecule has 1 aliphatic rings. The van der Waals surface area contributed by atoms with Crippen molar-refractivity contribution in [3.63, 3.8) is 0 Å². The van der Waals surface area contributed by atoms with Gasteiger partial charge >= 0.3 is 5.97 Å². The van der Waals surface area contributed by atoms with Gasteiger partial charge in [-0.3, -0.25) is 0 Å². The minimum Gasteiger partial charge on any atom is -0.478 e. The molecule has 2 aromatic rings. The van der Waals surface area contributed by atoms with Gasteiger partial charge in [0.1, 0.15) is 0 Å². The van der Waals surface area contributed by atoms with E-state index in [9.17, 15) is 4.79 Å². The SMILES string of the molecule is C=C(Cc1nc(-c2ccc(C3(CCC)CC3)cc2)no1)C(=O)O. The third kappa shape index (κ3) is 3.18. The zero-order chi connectivity index (χ0) is 16.4. The number of aliphatic carboxylic acids is 1. The molecule has 1 saturated carbocycles. The van der Waals surface area contributed by atoms with E-state index in [1.807, 2.05) is 12.1 Å². The molecule has 0 aliphatic heterocycles. The van der Waals surface area contributed by atoms with Gasteiger partial charge in [0.05, 0.1) is 6.42 Å². The summed E-state index contributed by atoms with van der Waals surface area (Å²) in [5.41, 5.74) is 2.67. The lowest BCUT2D eigenvalue weighted by molar-refractivity contribution is -0.132. The lowest BCUT2D eigenvalue weighted by Gasteiger charge is -2.14. The predicted molar refractivity (Wildman–Crippen MR) is 86.0 cm³/mol. The van der Waals surface area contributed by atoms with Gasteiger partial charge in [0, 0.05) is 11.1 Å². The summed E-state index contributed by atoms with van der Waals surface area (Å²) in [5.74, 6) is -0.314. The Kier molecular flexibility index (Phi) is 4.03. The molecule has 5 heteroatoms. The maximum atomic E-state index is 10.8. The topological polar surface area (TPSA) is 76.2 Å². The lowest BCUT2D eigenvalue weighted by atomic mass is 9.90. The molecule has 5 nitrogen and oxygen atoms in total. The van der Waals surface area contributed by atoms with Crippen LogP contribution in [0.1, 0.15) is 44.1 Å². The number of nitrogens with zero attached hydrogens (tertiary/aromatic N) is 2. The molecule has 0 unspecified atom stereocenters. The molecule has 1 fully saturated rings. The van der Waals surface area contributed by atoms with Crippen molar-refractivity contribution in [2.45, 2.75) is 44.4 Å². The number of carboxylic acid groups (broad SMARTS) is 1. The van der Waals surface area contributed by atoms with Crippen LogP contribution in [0.2, 0.25) is 0 Å². The van der Waals surface area contributed by atoms with Gasteiger partial charge < -0.3 is 9.63 Å². The fourth-order valence-corrected chi connectivity index (χ4v) is 2.99. The molecular weight excluding hydrogens is 292 g/mol. The van der Waals surface area contributed by atoms with Crippen LogP contribution < -0.4 is 0 Å². The number of benzene rings is 1. The van der Waals surface area contributed by atoms with Crippen molar-refractivity contribution in [2.24, 2.45) is 0 Å². The van der Waals surface area contributed by atoms with Crippen molar-refractivity contribution in [1.29, 1.82) is 0 Å². The number of rotatable bonds is 7. The first-order chi connectivity index (χ1) is 11.0. The van der Waals surface area contributed by atoms with Crippen LogP contribution in [0.15, 0.2) is 40.9 Å². The van der Waals surface area contributed by atoms with Crippen LogP contribution in [-0.4, -0.2) is 21.2 Å². The normalized spacial score (nSPS) is 15.3. The first-order valence-electron chi connectivity index (χ1n) is 7.89. The zero-order valence-corrected chi connectivity index (χ0v) is 13.2. The van der Waals surface area contributed by atoms with Gasteiger partial charge in [-0.1, -0.05) is 49.3 Å². The first kappa shape index (κ1) is 15.5. The van der Waals surface area contributed by atoms with Crippen LogP contribution in [0.3, 0.4) is 0 Å². The summed E-state index contributed by atoms with van der Waals surface area (Å²) in [5, 5.41) is 12.8. The second kappa shape index (κ2) is 5.99. The Morgan fingerprint density at radius 1 is 1.35 bits per heavy atom. The summed E-state index contributed by atoms with van der Waals surface area (Å²) in [6, 6.07) is 8.30. The predicted octanol–water partition coefficient (Wildman–Crippen LogP) is 3.75. The van der Waals surface area contributed by atoms with E-state index in [1.54, 1.807) is 0 Å². The zero-order valence-electron chi connectivity index (χ0n) is 13.2. The monoisotopic (exact) mass is 312 g/mol. The summed E-state index contributed by atoms with van der Waals surface area (Å²) in [6.07, 6.45) is 5.02. The molecule has 1 aromatic heterocycles. The Morgan fingerprint density at radius 3 is 2.61 bits per heavy atom. The fraction of sp³-hybridized carbons (Fsp3) is 0.389. The summed E-state index contributed by atoms with van der Waals surface area (Å²) in [6.45, 7) is 5.69. The molecule has 0 spiro atoms. The van der Waals surface area contributed by atoms with E-state index < -0.39 is 5.97 Å². The summed E-state index contributed by atoms with van der Waals surface area (Å²) in [7, 11) is 0. The molecule has 1 aliphatic carbocycles. The summed E-state index contributed by atoms with van der Waals surface area (Å²) < 4.78 is 5.10. The Balaban J connectivity index is 1.74. The van der Waals surface area contributed by atoms with Crippen molar-refractivity contribution in [3.05, 3.63) is 47.9 Å². The van der Waals surface area contributed by atoms with Crippen LogP contribution in [0.4, 0.5) is 0 Å². The second-order valence-electron chi connectivity index (χ2n) is 6.20. The number of carbonyl (C=O) groups is 1.